The highest BCUT2D eigenvalue weighted by atomic mass is 16.2. The second kappa shape index (κ2) is 7.16. The van der Waals surface area contributed by atoms with Gasteiger partial charge in [0.05, 0.1) is 17.9 Å². The molecule has 29 heavy (non-hydrogen) atoms. The molecule has 2 aliphatic heterocycles. The molecule has 2 aromatic rings. The summed E-state index contributed by atoms with van der Waals surface area (Å²) in [7, 11) is 0. The van der Waals surface area contributed by atoms with E-state index in [0.29, 0.717) is 11.1 Å². The Balaban J connectivity index is 1.90. The predicted molar refractivity (Wildman–Crippen MR) is 104 cm³/mol. The van der Waals surface area contributed by atoms with Crippen LogP contribution in [0.15, 0.2) is 60.7 Å². The lowest BCUT2D eigenvalue weighted by Crippen LogP contribution is -2.50. The number of carbonyl (C=O) groups is 4. The van der Waals surface area contributed by atoms with Crippen LogP contribution in [0.2, 0.25) is 0 Å². The van der Waals surface area contributed by atoms with E-state index in [1.165, 1.54) is 4.90 Å². The van der Waals surface area contributed by atoms with Gasteiger partial charge in [0.25, 0.3) is 5.91 Å². The van der Waals surface area contributed by atoms with Crippen LogP contribution in [0.3, 0.4) is 0 Å². The van der Waals surface area contributed by atoms with E-state index in [-0.39, 0.29) is 12.5 Å². The fraction of sp³-hybridized carbons (Fsp3) is 0.273. The summed E-state index contributed by atoms with van der Waals surface area (Å²) in [5.41, 5.74) is 6.74. The van der Waals surface area contributed by atoms with Crippen LogP contribution in [0.1, 0.15) is 28.9 Å². The zero-order chi connectivity index (χ0) is 20.7. The Morgan fingerprint density at radius 3 is 2.00 bits per heavy atom. The average Bonchev–Trinajstić information content (AvgIpc) is 3.22. The molecule has 7 nitrogen and oxygen atoms in total. The zero-order valence-corrected chi connectivity index (χ0v) is 15.9. The molecule has 7 heteroatoms. The minimum atomic E-state index is -1.19. The average molecular weight is 391 g/mol. The number of carbonyl (C=O) groups excluding carboxylic acids is 4. The molecule has 2 aromatic carbocycles. The van der Waals surface area contributed by atoms with Gasteiger partial charge in [-0.25, -0.2) is 0 Å². The largest absolute Gasteiger partial charge is 0.368 e. The highest BCUT2D eigenvalue weighted by Crippen LogP contribution is 2.50. The van der Waals surface area contributed by atoms with Crippen molar-refractivity contribution in [3.05, 3.63) is 71.8 Å². The number of primary amides is 1. The van der Waals surface area contributed by atoms with Gasteiger partial charge >= 0.3 is 0 Å². The minimum Gasteiger partial charge on any atom is -0.368 e. The van der Waals surface area contributed by atoms with Crippen LogP contribution in [0.25, 0.3) is 0 Å². The van der Waals surface area contributed by atoms with E-state index in [0.717, 1.165) is 4.90 Å². The van der Waals surface area contributed by atoms with Crippen LogP contribution in [-0.2, 0) is 14.4 Å². The normalized spacial score (nSPS) is 26.0. The standard InChI is InChI=1S/C22H21N3O4/c1-2-24-21(28)15-16(22(24)29)18(19(23)26)25(17(15)13-9-5-3-6-10-13)20(27)14-11-7-4-8-12-14/h3-12,15-18H,2H2,1H3,(H2,23,26). The fourth-order valence-corrected chi connectivity index (χ4v) is 4.58. The first-order chi connectivity index (χ1) is 14.0. The molecule has 148 valence electrons. The Hall–Kier alpha value is -3.48. The number of nitrogens with two attached hydrogens (primary N) is 1. The summed E-state index contributed by atoms with van der Waals surface area (Å²) in [5, 5.41) is 0. The topological polar surface area (TPSA) is 101 Å². The lowest BCUT2D eigenvalue weighted by molar-refractivity contribution is -0.142. The molecule has 0 bridgehead atoms. The van der Waals surface area contributed by atoms with Crippen LogP contribution in [-0.4, -0.2) is 46.0 Å². The van der Waals surface area contributed by atoms with E-state index in [1.54, 1.807) is 61.5 Å². The molecule has 4 amide bonds. The van der Waals surface area contributed by atoms with Crippen molar-refractivity contribution < 1.29 is 19.2 Å². The van der Waals surface area contributed by atoms with Crippen molar-refractivity contribution in [1.29, 1.82) is 0 Å². The van der Waals surface area contributed by atoms with Gasteiger partial charge in [-0.05, 0) is 24.6 Å². The molecule has 0 spiro atoms. The van der Waals surface area contributed by atoms with E-state index in [2.05, 4.69) is 0 Å². The Labute approximate surface area is 168 Å². The molecule has 0 aliphatic carbocycles. The van der Waals surface area contributed by atoms with Gasteiger partial charge in [0.2, 0.25) is 17.7 Å². The molecule has 0 radical (unpaired) electrons. The summed E-state index contributed by atoms with van der Waals surface area (Å²) in [4.78, 5) is 54.5. The number of benzene rings is 2. The van der Waals surface area contributed by atoms with E-state index in [4.69, 9.17) is 5.73 Å². The minimum absolute atomic E-state index is 0.213. The highest BCUT2D eigenvalue weighted by molar-refractivity contribution is 6.10. The molecule has 2 saturated heterocycles. The van der Waals surface area contributed by atoms with Crippen molar-refractivity contribution in [1.82, 2.24) is 9.80 Å². The first-order valence-corrected chi connectivity index (χ1v) is 9.54. The van der Waals surface area contributed by atoms with E-state index < -0.39 is 41.6 Å². The maximum absolute atomic E-state index is 13.4. The lowest BCUT2D eigenvalue weighted by atomic mass is 9.86. The first-order valence-electron chi connectivity index (χ1n) is 9.54. The van der Waals surface area contributed by atoms with Gasteiger partial charge in [0.15, 0.2) is 0 Å². The monoisotopic (exact) mass is 391 g/mol. The smallest absolute Gasteiger partial charge is 0.255 e. The molecule has 2 fully saturated rings. The van der Waals surface area contributed by atoms with E-state index in [9.17, 15) is 19.2 Å². The lowest BCUT2D eigenvalue weighted by Gasteiger charge is -2.32. The molecule has 0 aromatic heterocycles. The number of amides is 4. The molecule has 4 rings (SSSR count). The van der Waals surface area contributed by atoms with Gasteiger partial charge in [0, 0.05) is 12.1 Å². The second-order valence-corrected chi connectivity index (χ2v) is 7.25. The molecule has 4 atom stereocenters. The highest BCUT2D eigenvalue weighted by Gasteiger charge is 2.64. The Bertz CT molecular complexity index is 976. The van der Waals surface area contributed by atoms with Gasteiger partial charge in [-0.1, -0.05) is 48.5 Å². The van der Waals surface area contributed by atoms with Crippen LogP contribution >= 0.6 is 0 Å². The molecule has 2 N–H and O–H groups in total. The fourth-order valence-electron chi connectivity index (χ4n) is 4.58. The van der Waals surface area contributed by atoms with Crippen molar-refractivity contribution in [2.45, 2.75) is 19.0 Å². The van der Waals surface area contributed by atoms with Crippen molar-refractivity contribution in [3.8, 4) is 0 Å². The Kier molecular flexibility index (Phi) is 4.66. The number of hydrogen-bond donors (Lipinski definition) is 1. The third-order valence-electron chi connectivity index (χ3n) is 5.77. The van der Waals surface area contributed by atoms with Gasteiger partial charge in [-0.3, -0.25) is 24.1 Å². The molecule has 4 unspecified atom stereocenters. The number of fused-ring (bicyclic) bond motifs is 1. The molecule has 2 heterocycles. The maximum Gasteiger partial charge on any atom is 0.255 e. The first kappa shape index (κ1) is 18.9. The second-order valence-electron chi connectivity index (χ2n) is 7.25. The Morgan fingerprint density at radius 2 is 1.45 bits per heavy atom. The summed E-state index contributed by atoms with van der Waals surface area (Å²) in [5.74, 6) is -3.85. The van der Waals surface area contributed by atoms with Crippen LogP contribution < -0.4 is 5.73 Å². The Morgan fingerprint density at radius 1 is 0.897 bits per heavy atom. The zero-order valence-electron chi connectivity index (χ0n) is 15.9. The summed E-state index contributed by atoms with van der Waals surface area (Å²) in [6, 6.07) is 15.6. The maximum atomic E-state index is 13.4. The van der Waals surface area contributed by atoms with Crippen molar-refractivity contribution in [2.24, 2.45) is 17.6 Å². The number of likely N-dealkylation sites (tertiary alicyclic amines) is 2. The van der Waals surface area contributed by atoms with Crippen molar-refractivity contribution in [2.75, 3.05) is 6.54 Å². The third kappa shape index (κ3) is 2.81. The summed E-state index contributed by atoms with van der Waals surface area (Å²) >= 11 is 0. The van der Waals surface area contributed by atoms with Gasteiger partial charge in [-0.2, -0.15) is 0 Å². The van der Waals surface area contributed by atoms with Crippen LogP contribution in [0.4, 0.5) is 0 Å². The molecule has 2 aliphatic rings. The number of hydrogen-bond acceptors (Lipinski definition) is 4. The number of imide groups is 1. The van der Waals surface area contributed by atoms with Gasteiger partial charge in [-0.15, -0.1) is 0 Å². The molecular weight excluding hydrogens is 370 g/mol. The van der Waals surface area contributed by atoms with Crippen molar-refractivity contribution in [3.63, 3.8) is 0 Å². The SMILES string of the molecule is CCN1C(=O)C2C(C1=O)C(c1ccccc1)N(C(=O)c1ccccc1)C2C(N)=O. The van der Waals surface area contributed by atoms with E-state index in [1.807, 2.05) is 6.07 Å². The van der Waals surface area contributed by atoms with Crippen molar-refractivity contribution >= 4 is 23.6 Å². The summed E-state index contributed by atoms with van der Waals surface area (Å²) < 4.78 is 0. The molecule has 0 saturated carbocycles. The number of nitrogens with zero attached hydrogens (tertiary/aromatic N) is 2. The quantitative estimate of drug-likeness (QED) is 0.795. The molecular formula is C22H21N3O4. The number of rotatable bonds is 4. The van der Waals surface area contributed by atoms with Gasteiger partial charge < -0.3 is 10.6 Å². The van der Waals surface area contributed by atoms with Crippen LogP contribution in [0, 0.1) is 11.8 Å². The summed E-state index contributed by atoms with van der Waals surface area (Å²) in [6.07, 6.45) is 0. The van der Waals surface area contributed by atoms with Crippen LogP contribution in [0.5, 0.6) is 0 Å². The predicted octanol–water partition coefficient (Wildman–Crippen LogP) is 1.36. The summed E-state index contributed by atoms with van der Waals surface area (Å²) in [6.45, 7) is 1.92. The van der Waals surface area contributed by atoms with E-state index >= 15 is 0 Å². The van der Waals surface area contributed by atoms with Gasteiger partial charge in [0.1, 0.15) is 6.04 Å². The third-order valence-corrected chi connectivity index (χ3v) is 5.77.